The number of ether oxygens (including phenoxy) is 1. The highest BCUT2D eigenvalue weighted by molar-refractivity contribution is 5.66. The summed E-state index contributed by atoms with van der Waals surface area (Å²) in [5.41, 5.74) is 0.787. The number of rotatable bonds is 6. The van der Waals surface area contributed by atoms with Gasteiger partial charge < -0.3 is 14.3 Å². The van der Waals surface area contributed by atoms with E-state index in [1.807, 2.05) is 24.3 Å². The van der Waals surface area contributed by atoms with Gasteiger partial charge in [0, 0.05) is 12.8 Å². The molecule has 5 nitrogen and oxygen atoms in total. The van der Waals surface area contributed by atoms with Crippen LogP contribution in [-0.4, -0.2) is 23.2 Å². The van der Waals surface area contributed by atoms with E-state index in [0.29, 0.717) is 30.2 Å². The van der Waals surface area contributed by atoms with Crippen LogP contribution in [-0.2, 0) is 11.2 Å². The molecule has 2 aromatic rings. The maximum absolute atomic E-state index is 10.4. The van der Waals surface area contributed by atoms with Crippen molar-refractivity contribution in [1.82, 2.24) is 4.98 Å². The lowest BCUT2D eigenvalue weighted by Gasteiger charge is -2.03. The molecule has 0 saturated carbocycles. The van der Waals surface area contributed by atoms with Crippen molar-refractivity contribution in [3.05, 3.63) is 36.2 Å². The Balaban J connectivity index is 2.10. The van der Waals surface area contributed by atoms with E-state index in [4.69, 9.17) is 14.3 Å². The van der Waals surface area contributed by atoms with Crippen LogP contribution >= 0.6 is 0 Å². The third-order valence-corrected chi connectivity index (χ3v) is 2.70. The number of aliphatic carboxylic acids is 1. The fraction of sp³-hybridized carbons (Fsp3) is 0.286. The van der Waals surface area contributed by atoms with E-state index in [2.05, 4.69) is 4.98 Å². The largest absolute Gasteiger partial charge is 0.496 e. The van der Waals surface area contributed by atoms with Gasteiger partial charge in [0.1, 0.15) is 11.5 Å². The van der Waals surface area contributed by atoms with Crippen LogP contribution in [0, 0.1) is 0 Å². The van der Waals surface area contributed by atoms with Gasteiger partial charge in [-0.2, -0.15) is 0 Å². The maximum Gasteiger partial charge on any atom is 0.303 e. The van der Waals surface area contributed by atoms with Gasteiger partial charge in [0.15, 0.2) is 0 Å². The minimum absolute atomic E-state index is 0.130. The number of carbonyl (C=O) groups is 1. The van der Waals surface area contributed by atoms with Crippen LogP contribution in [0.2, 0.25) is 0 Å². The number of carboxylic acids is 1. The van der Waals surface area contributed by atoms with Gasteiger partial charge in [0.25, 0.3) is 0 Å². The summed E-state index contributed by atoms with van der Waals surface area (Å²) in [6, 6.07) is 7.46. The van der Waals surface area contributed by atoms with Crippen LogP contribution in [0.5, 0.6) is 5.75 Å². The Bertz CT molecular complexity index is 562. The Morgan fingerprint density at radius 2 is 2.21 bits per heavy atom. The van der Waals surface area contributed by atoms with Crippen molar-refractivity contribution < 1.29 is 19.1 Å². The first kappa shape index (κ1) is 13.1. The number of benzene rings is 1. The molecule has 1 N–H and O–H groups in total. The summed E-state index contributed by atoms with van der Waals surface area (Å²) in [6.45, 7) is 0. The van der Waals surface area contributed by atoms with Crippen molar-refractivity contribution in [2.24, 2.45) is 0 Å². The van der Waals surface area contributed by atoms with Crippen molar-refractivity contribution in [1.29, 1.82) is 0 Å². The van der Waals surface area contributed by atoms with Crippen molar-refractivity contribution in [2.45, 2.75) is 19.3 Å². The second kappa shape index (κ2) is 6.04. The van der Waals surface area contributed by atoms with Gasteiger partial charge in [-0.1, -0.05) is 12.1 Å². The number of oxazole rings is 1. The standard InChI is InChI=1S/C14H15NO4/c1-18-12-7-3-2-6-11(12)14-15-9-10(19-14)5-4-8-13(16)17/h2-3,6-7,9H,4-5,8H2,1H3,(H,16,17). The lowest BCUT2D eigenvalue weighted by atomic mass is 10.2. The molecule has 1 aromatic heterocycles. The summed E-state index contributed by atoms with van der Waals surface area (Å²) in [7, 11) is 1.59. The molecule has 0 aliphatic carbocycles. The van der Waals surface area contributed by atoms with E-state index < -0.39 is 5.97 Å². The van der Waals surface area contributed by atoms with Crippen molar-refractivity contribution in [2.75, 3.05) is 7.11 Å². The minimum Gasteiger partial charge on any atom is -0.496 e. The second-order valence-corrected chi connectivity index (χ2v) is 4.08. The van der Waals surface area contributed by atoms with E-state index in [-0.39, 0.29) is 6.42 Å². The molecule has 0 radical (unpaired) electrons. The number of aromatic nitrogens is 1. The molecule has 19 heavy (non-hydrogen) atoms. The zero-order valence-corrected chi connectivity index (χ0v) is 10.6. The quantitative estimate of drug-likeness (QED) is 0.865. The summed E-state index contributed by atoms with van der Waals surface area (Å²) in [5, 5.41) is 8.58. The molecule has 0 saturated heterocycles. The first-order valence-corrected chi connectivity index (χ1v) is 6.00. The van der Waals surface area contributed by atoms with E-state index in [0.717, 1.165) is 5.56 Å². The van der Waals surface area contributed by atoms with Gasteiger partial charge >= 0.3 is 5.97 Å². The summed E-state index contributed by atoms with van der Waals surface area (Å²) in [5.74, 6) is 1.07. The van der Waals surface area contributed by atoms with Crippen LogP contribution in [0.15, 0.2) is 34.9 Å². The highest BCUT2D eigenvalue weighted by Crippen LogP contribution is 2.29. The van der Waals surface area contributed by atoms with Gasteiger partial charge in [0.05, 0.1) is 18.9 Å². The average molecular weight is 261 g/mol. The van der Waals surface area contributed by atoms with Crippen LogP contribution in [0.4, 0.5) is 0 Å². The Labute approximate surface area is 110 Å². The molecule has 5 heteroatoms. The molecule has 0 unspecified atom stereocenters. The third kappa shape index (κ3) is 3.34. The summed E-state index contributed by atoms with van der Waals surface area (Å²) >= 11 is 0. The first-order valence-electron chi connectivity index (χ1n) is 6.00. The maximum atomic E-state index is 10.4. The van der Waals surface area contributed by atoms with Crippen molar-refractivity contribution in [3.8, 4) is 17.2 Å². The number of methoxy groups -OCH3 is 1. The molecule has 2 rings (SSSR count). The number of hydrogen-bond donors (Lipinski definition) is 1. The van der Waals surface area contributed by atoms with Gasteiger partial charge in [-0.25, -0.2) is 4.98 Å². The van der Waals surface area contributed by atoms with E-state index in [1.54, 1.807) is 13.3 Å². The molecule has 0 fully saturated rings. The lowest BCUT2D eigenvalue weighted by molar-refractivity contribution is -0.137. The molecule has 0 spiro atoms. The minimum atomic E-state index is -0.801. The van der Waals surface area contributed by atoms with Gasteiger partial charge in [-0.3, -0.25) is 4.79 Å². The third-order valence-electron chi connectivity index (χ3n) is 2.70. The molecule has 0 aliphatic rings. The fourth-order valence-corrected chi connectivity index (χ4v) is 1.78. The van der Waals surface area contributed by atoms with Crippen LogP contribution in [0.1, 0.15) is 18.6 Å². The number of hydrogen-bond acceptors (Lipinski definition) is 4. The Hall–Kier alpha value is -2.30. The Morgan fingerprint density at radius 1 is 1.42 bits per heavy atom. The summed E-state index contributed by atoms with van der Waals surface area (Å²) < 4.78 is 10.9. The van der Waals surface area contributed by atoms with Gasteiger partial charge in [0.2, 0.25) is 5.89 Å². The van der Waals surface area contributed by atoms with Crippen LogP contribution < -0.4 is 4.74 Å². The summed E-state index contributed by atoms with van der Waals surface area (Å²) in [4.78, 5) is 14.6. The molecule has 1 aromatic carbocycles. The second-order valence-electron chi connectivity index (χ2n) is 4.08. The molecule has 0 atom stereocenters. The molecular formula is C14H15NO4. The Kier molecular flexibility index (Phi) is 4.18. The van der Waals surface area contributed by atoms with Gasteiger partial charge in [-0.05, 0) is 18.6 Å². The number of aryl methyl sites for hydroxylation is 1. The molecular weight excluding hydrogens is 246 g/mol. The zero-order valence-electron chi connectivity index (χ0n) is 10.6. The highest BCUT2D eigenvalue weighted by atomic mass is 16.5. The molecule has 0 bridgehead atoms. The van der Waals surface area contributed by atoms with Crippen molar-refractivity contribution in [3.63, 3.8) is 0 Å². The smallest absolute Gasteiger partial charge is 0.303 e. The highest BCUT2D eigenvalue weighted by Gasteiger charge is 2.11. The van der Waals surface area contributed by atoms with E-state index >= 15 is 0 Å². The van der Waals surface area contributed by atoms with Crippen molar-refractivity contribution >= 4 is 5.97 Å². The lowest BCUT2D eigenvalue weighted by Crippen LogP contribution is -1.95. The zero-order chi connectivity index (χ0) is 13.7. The Morgan fingerprint density at radius 3 is 2.95 bits per heavy atom. The monoisotopic (exact) mass is 261 g/mol. The molecule has 0 amide bonds. The predicted octanol–water partition coefficient (Wildman–Crippen LogP) is 2.76. The summed E-state index contributed by atoms with van der Waals surface area (Å²) in [6.07, 6.45) is 2.86. The first-order chi connectivity index (χ1) is 9.20. The number of carboxylic acid groups (broad SMARTS) is 1. The number of nitrogens with zero attached hydrogens (tertiary/aromatic N) is 1. The average Bonchev–Trinajstić information content (AvgIpc) is 2.87. The van der Waals surface area contributed by atoms with Crippen LogP contribution in [0.25, 0.3) is 11.5 Å². The normalized spacial score (nSPS) is 10.4. The van der Waals surface area contributed by atoms with Gasteiger partial charge in [-0.15, -0.1) is 0 Å². The topological polar surface area (TPSA) is 72.6 Å². The van der Waals surface area contributed by atoms with Crippen LogP contribution in [0.3, 0.4) is 0 Å². The van der Waals surface area contributed by atoms with E-state index in [9.17, 15) is 4.79 Å². The molecule has 0 aliphatic heterocycles. The number of para-hydroxylation sites is 1. The SMILES string of the molecule is COc1ccccc1-c1ncc(CCCC(=O)O)o1. The predicted molar refractivity (Wildman–Crippen MR) is 69.1 cm³/mol. The molecule has 1 heterocycles. The molecule has 100 valence electrons. The fourth-order valence-electron chi connectivity index (χ4n) is 1.78. The van der Waals surface area contributed by atoms with E-state index in [1.165, 1.54) is 0 Å².